The Kier molecular flexibility index (Phi) is 4.19. The maximum atomic E-state index is 12.0. The summed E-state index contributed by atoms with van der Waals surface area (Å²) in [5.74, 6) is -2.09. The third-order valence-electron chi connectivity index (χ3n) is 1.77. The van der Waals surface area contributed by atoms with E-state index in [1.54, 1.807) is 0 Å². The predicted molar refractivity (Wildman–Crippen MR) is 55.8 cm³/mol. The topological polar surface area (TPSA) is 55.8 Å². The molecule has 0 aliphatic rings. The zero-order valence-electron chi connectivity index (χ0n) is 9.03. The number of rotatable bonds is 5. The number of carboxylic acids is 1. The molecule has 0 spiro atoms. The van der Waals surface area contributed by atoms with Gasteiger partial charge in [-0.05, 0) is 18.2 Å². The van der Waals surface area contributed by atoms with Crippen LogP contribution < -0.4 is 9.47 Å². The van der Waals surface area contributed by atoms with Gasteiger partial charge in [0, 0.05) is 0 Å². The first kappa shape index (κ1) is 13.9. The molecule has 0 aliphatic heterocycles. The molecule has 0 aliphatic carbocycles. The zero-order chi connectivity index (χ0) is 13.8. The second kappa shape index (κ2) is 5.44. The molecule has 18 heavy (non-hydrogen) atoms. The van der Waals surface area contributed by atoms with Gasteiger partial charge in [-0.15, -0.1) is 13.2 Å². The van der Waals surface area contributed by atoms with E-state index in [9.17, 15) is 18.0 Å². The summed E-state index contributed by atoms with van der Waals surface area (Å²) in [7, 11) is 0. The van der Waals surface area contributed by atoms with E-state index in [-0.39, 0.29) is 12.4 Å². The molecule has 0 unspecified atom stereocenters. The number of carbonyl (C=O) groups is 1. The van der Waals surface area contributed by atoms with E-state index in [0.717, 1.165) is 18.2 Å². The van der Waals surface area contributed by atoms with Gasteiger partial charge in [0.05, 0.1) is 0 Å². The Labute approximate surface area is 100 Å². The van der Waals surface area contributed by atoms with Gasteiger partial charge in [0.2, 0.25) is 0 Å². The summed E-state index contributed by atoms with van der Waals surface area (Å²) in [6, 6.07) is 2.81. The highest BCUT2D eigenvalue weighted by molar-refractivity contribution is 5.91. The third-order valence-corrected chi connectivity index (χ3v) is 1.77. The number of hydrogen-bond donors (Lipinski definition) is 1. The number of ether oxygens (including phenoxy) is 2. The standard InChI is InChI=1S/C11H9F3O4/c1-2-5-17-9-4-3-7(18-11(12,13)14)6-8(9)10(15)16/h2-4,6H,1,5H2,(H,15,16). The summed E-state index contributed by atoms with van der Waals surface area (Å²) in [6.45, 7) is 3.41. The summed E-state index contributed by atoms with van der Waals surface area (Å²) in [6.07, 6.45) is -3.50. The number of alkyl halides is 3. The Morgan fingerprint density at radius 3 is 2.61 bits per heavy atom. The molecule has 98 valence electrons. The second-order valence-electron chi connectivity index (χ2n) is 3.11. The quantitative estimate of drug-likeness (QED) is 0.829. The second-order valence-corrected chi connectivity index (χ2v) is 3.11. The fraction of sp³-hybridized carbons (Fsp3) is 0.182. The van der Waals surface area contributed by atoms with Gasteiger partial charge < -0.3 is 14.6 Å². The van der Waals surface area contributed by atoms with Crippen LogP contribution in [-0.4, -0.2) is 24.0 Å². The van der Waals surface area contributed by atoms with Gasteiger partial charge in [0.15, 0.2) is 0 Å². The largest absolute Gasteiger partial charge is 0.573 e. The molecule has 1 N–H and O–H groups in total. The number of halogens is 3. The fourth-order valence-corrected chi connectivity index (χ4v) is 1.15. The van der Waals surface area contributed by atoms with Gasteiger partial charge >= 0.3 is 12.3 Å². The van der Waals surface area contributed by atoms with Gasteiger partial charge in [0.25, 0.3) is 0 Å². The Balaban J connectivity index is 3.03. The third kappa shape index (κ3) is 4.00. The van der Waals surface area contributed by atoms with E-state index in [4.69, 9.17) is 9.84 Å². The molecule has 1 aromatic rings. The first-order valence-corrected chi connectivity index (χ1v) is 4.70. The van der Waals surface area contributed by atoms with Crippen LogP contribution in [0, 0.1) is 0 Å². The minimum absolute atomic E-state index is 0.0414. The van der Waals surface area contributed by atoms with Crippen LogP contribution in [-0.2, 0) is 0 Å². The van der Waals surface area contributed by atoms with Gasteiger partial charge in [-0.3, -0.25) is 0 Å². The van der Waals surface area contributed by atoms with Crippen LogP contribution >= 0.6 is 0 Å². The minimum Gasteiger partial charge on any atom is -0.489 e. The lowest BCUT2D eigenvalue weighted by atomic mass is 10.2. The highest BCUT2D eigenvalue weighted by Crippen LogP contribution is 2.28. The summed E-state index contributed by atoms with van der Waals surface area (Å²) in [5, 5.41) is 8.85. The Hall–Kier alpha value is -2.18. The van der Waals surface area contributed by atoms with Crippen molar-refractivity contribution in [3.05, 3.63) is 36.4 Å². The van der Waals surface area contributed by atoms with Crippen molar-refractivity contribution in [1.82, 2.24) is 0 Å². The molecular formula is C11H9F3O4. The maximum absolute atomic E-state index is 12.0. The zero-order valence-corrected chi connectivity index (χ0v) is 9.03. The Bertz CT molecular complexity index is 454. The lowest BCUT2D eigenvalue weighted by molar-refractivity contribution is -0.274. The molecule has 7 heteroatoms. The lowest BCUT2D eigenvalue weighted by Gasteiger charge is -2.11. The number of benzene rings is 1. The summed E-state index contributed by atoms with van der Waals surface area (Å²) < 4.78 is 44.5. The molecule has 0 aromatic heterocycles. The molecule has 4 nitrogen and oxygen atoms in total. The number of carboxylic acid groups (broad SMARTS) is 1. The average molecular weight is 262 g/mol. The lowest BCUT2D eigenvalue weighted by Crippen LogP contribution is -2.17. The van der Waals surface area contributed by atoms with Crippen LogP contribution in [0.1, 0.15) is 10.4 Å². The van der Waals surface area contributed by atoms with Gasteiger partial charge in [-0.1, -0.05) is 12.7 Å². The minimum atomic E-state index is -4.88. The van der Waals surface area contributed by atoms with Gasteiger partial charge in [0.1, 0.15) is 23.7 Å². The van der Waals surface area contributed by atoms with Crippen LogP contribution in [0.5, 0.6) is 11.5 Å². The van der Waals surface area contributed by atoms with E-state index in [0.29, 0.717) is 0 Å². The van der Waals surface area contributed by atoms with Gasteiger partial charge in [-0.2, -0.15) is 0 Å². The highest BCUT2D eigenvalue weighted by Gasteiger charge is 2.31. The van der Waals surface area contributed by atoms with E-state index in [2.05, 4.69) is 11.3 Å². The van der Waals surface area contributed by atoms with Crippen molar-refractivity contribution in [1.29, 1.82) is 0 Å². The average Bonchev–Trinajstić information content (AvgIpc) is 2.25. The van der Waals surface area contributed by atoms with E-state index < -0.39 is 23.6 Å². The van der Waals surface area contributed by atoms with E-state index >= 15 is 0 Å². The van der Waals surface area contributed by atoms with Gasteiger partial charge in [-0.25, -0.2) is 4.79 Å². The normalized spacial score (nSPS) is 10.8. The fourth-order valence-electron chi connectivity index (χ4n) is 1.15. The Morgan fingerprint density at radius 2 is 2.11 bits per heavy atom. The molecule has 0 fully saturated rings. The molecule has 1 rings (SSSR count). The van der Waals surface area contributed by atoms with Crippen molar-refractivity contribution in [2.24, 2.45) is 0 Å². The van der Waals surface area contributed by atoms with Crippen LogP contribution in [0.25, 0.3) is 0 Å². The van der Waals surface area contributed by atoms with Crippen molar-refractivity contribution < 1.29 is 32.5 Å². The van der Waals surface area contributed by atoms with E-state index in [1.807, 2.05) is 0 Å². The van der Waals surface area contributed by atoms with Crippen molar-refractivity contribution in [2.75, 3.05) is 6.61 Å². The maximum Gasteiger partial charge on any atom is 0.573 e. The SMILES string of the molecule is C=CCOc1ccc(OC(F)(F)F)cc1C(=O)O. The smallest absolute Gasteiger partial charge is 0.489 e. The summed E-state index contributed by atoms with van der Waals surface area (Å²) >= 11 is 0. The molecule has 0 atom stereocenters. The molecule has 0 bridgehead atoms. The summed E-state index contributed by atoms with van der Waals surface area (Å²) in [5.41, 5.74) is -0.418. The van der Waals surface area contributed by atoms with Crippen molar-refractivity contribution in [2.45, 2.75) is 6.36 Å². The first-order valence-electron chi connectivity index (χ1n) is 4.70. The Morgan fingerprint density at radius 1 is 1.44 bits per heavy atom. The summed E-state index contributed by atoms with van der Waals surface area (Å²) in [4.78, 5) is 10.9. The van der Waals surface area contributed by atoms with Crippen LogP contribution in [0.4, 0.5) is 13.2 Å². The molecule has 0 radical (unpaired) electrons. The van der Waals surface area contributed by atoms with Crippen molar-refractivity contribution in [3.8, 4) is 11.5 Å². The van der Waals surface area contributed by atoms with Crippen LogP contribution in [0.2, 0.25) is 0 Å². The number of hydrogen-bond acceptors (Lipinski definition) is 3. The molecule has 0 heterocycles. The molecule has 1 aromatic carbocycles. The van der Waals surface area contributed by atoms with Crippen molar-refractivity contribution >= 4 is 5.97 Å². The number of aromatic carboxylic acids is 1. The van der Waals surface area contributed by atoms with Crippen LogP contribution in [0.3, 0.4) is 0 Å². The highest BCUT2D eigenvalue weighted by atomic mass is 19.4. The molecule has 0 amide bonds. The molecular weight excluding hydrogens is 253 g/mol. The predicted octanol–water partition coefficient (Wildman–Crippen LogP) is 2.85. The monoisotopic (exact) mass is 262 g/mol. The van der Waals surface area contributed by atoms with Crippen LogP contribution in [0.15, 0.2) is 30.9 Å². The van der Waals surface area contributed by atoms with Crippen molar-refractivity contribution in [3.63, 3.8) is 0 Å². The first-order chi connectivity index (χ1) is 8.33. The molecule has 0 saturated heterocycles. The molecule has 0 saturated carbocycles. The van der Waals surface area contributed by atoms with E-state index in [1.165, 1.54) is 6.08 Å².